The van der Waals surface area contributed by atoms with E-state index in [9.17, 15) is 14.4 Å². The molecule has 9 heteroatoms. The maximum absolute atomic E-state index is 11.9. The highest BCUT2D eigenvalue weighted by molar-refractivity contribution is 6.36. The van der Waals surface area contributed by atoms with Gasteiger partial charge in [-0.1, -0.05) is 23.2 Å². The van der Waals surface area contributed by atoms with Gasteiger partial charge in [0.2, 0.25) is 0 Å². The van der Waals surface area contributed by atoms with E-state index in [4.69, 9.17) is 23.2 Å². The Morgan fingerprint density at radius 3 is 2.48 bits per heavy atom. The average molecular weight is 355 g/mol. The number of amides is 3. The van der Waals surface area contributed by atoms with Crippen molar-refractivity contribution in [2.24, 2.45) is 0 Å². The summed E-state index contributed by atoms with van der Waals surface area (Å²) in [5.74, 6) is -1.63. The Balaban J connectivity index is 1.80. The average Bonchev–Trinajstić information content (AvgIpc) is 3.04. The molecule has 23 heavy (non-hydrogen) atoms. The second kappa shape index (κ2) is 7.66. The molecule has 0 saturated heterocycles. The quantitative estimate of drug-likeness (QED) is 0.625. The first-order valence-electron chi connectivity index (χ1n) is 6.43. The molecule has 1 aromatic heterocycles. The summed E-state index contributed by atoms with van der Waals surface area (Å²) in [5, 5.41) is 2.96. The van der Waals surface area contributed by atoms with Crippen LogP contribution in [0.25, 0.3) is 0 Å². The minimum absolute atomic E-state index is 0.176. The molecule has 1 heterocycles. The molecule has 0 fully saturated rings. The Morgan fingerprint density at radius 1 is 1.04 bits per heavy atom. The summed E-state index contributed by atoms with van der Waals surface area (Å²) >= 11 is 11.6. The van der Waals surface area contributed by atoms with Gasteiger partial charge in [0, 0.05) is 11.2 Å². The van der Waals surface area contributed by atoms with Crippen LogP contribution in [0.15, 0.2) is 36.5 Å². The van der Waals surface area contributed by atoms with Crippen LogP contribution >= 0.6 is 23.2 Å². The minimum atomic E-state index is -0.594. The van der Waals surface area contributed by atoms with Crippen LogP contribution in [0.5, 0.6) is 0 Å². The molecule has 3 amide bonds. The van der Waals surface area contributed by atoms with E-state index in [1.165, 1.54) is 18.2 Å². The van der Waals surface area contributed by atoms with E-state index in [0.29, 0.717) is 10.7 Å². The van der Waals surface area contributed by atoms with Gasteiger partial charge >= 0.3 is 0 Å². The van der Waals surface area contributed by atoms with Gasteiger partial charge in [-0.3, -0.25) is 25.2 Å². The highest BCUT2D eigenvalue weighted by Gasteiger charge is 2.12. The third kappa shape index (κ3) is 4.73. The van der Waals surface area contributed by atoms with Crippen LogP contribution < -0.4 is 16.2 Å². The fraction of sp³-hybridized carbons (Fsp3) is 0.0714. The van der Waals surface area contributed by atoms with Crippen LogP contribution in [-0.2, 0) is 4.79 Å². The Hall–Kier alpha value is -2.51. The van der Waals surface area contributed by atoms with E-state index < -0.39 is 17.7 Å². The van der Waals surface area contributed by atoms with Crippen molar-refractivity contribution in [1.82, 2.24) is 21.2 Å². The van der Waals surface area contributed by atoms with Gasteiger partial charge in [-0.2, -0.15) is 0 Å². The van der Waals surface area contributed by atoms with Crippen LogP contribution in [0.4, 0.5) is 0 Å². The summed E-state index contributed by atoms with van der Waals surface area (Å²) in [6.45, 7) is -0.331. The van der Waals surface area contributed by atoms with Crippen LogP contribution in [0.3, 0.4) is 0 Å². The van der Waals surface area contributed by atoms with Gasteiger partial charge in [0.15, 0.2) is 0 Å². The maximum Gasteiger partial charge on any atom is 0.286 e. The molecule has 7 nitrogen and oxygen atoms in total. The number of halogens is 2. The number of hydrogen-bond donors (Lipinski definition) is 4. The molecule has 120 valence electrons. The zero-order valence-electron chi connectivity index (χ0n) is 11.7. The summed E-state index contributed by atoms with van der Waals surface area (Å²) in [5.41, 5.74) is 4.86. The lowest BCUT2D eigenvalue weighted by molar-refractivity contribution is -0.120. The Labute approximate surface area is 141 Å². The van der Waals surface area contributed by atoms with Gasteiger partial charge in [0.25, 0.3) is 17.7 Å². The van der Waals surface area contributed by atoms with Crippen LogP contribution in [0, 0.1) is 0 Å². The van der Waals surface area contributed by atoms with E-state index in [0.717, 1.165) is 0 Å². The molecule has 0 bridgehead atoms. The molecule has 0 aliphatic rings. The second-order valence-corrected chi connectivity index (χ2v) is 5.24. The first-order chi connectivity index (χ1) is 11.0. The van der Waals surface area contributed by atoms with E-state index in [-0.39, 0.29) is 17.1 Å². The summed E-state index contributed by atoms with van der Waals surface area (Å²) < 4.78 is 0. The number of hydrazine groups is 1. The molecule has 4 N–H and O–H groups in total. The van der Waals surface area contributed by atoms with Gasteiger partial charge < -0.3 is 10.3 Å². The van der Waals surface area contributed by atoms with Crippen molar-refractivity contribution in [3.05, 3.63) is 57.8 Å². The van der Waals surface area contributed by atoms with Crippen molar-refractivity contribution >= 4 is 40.9 Å². The maximum atomic E-state index is 11.9. The van der Waals surface area contributed by atoms with Gasteiger partial charge in [0.1, 0.15) is 5.69 Å². The van der Waals surface area contributed by atoms with Crippen molar-refractivity contribution in [1.29, 1.82) is 0 Å². The fourth-order valence-corrected chi connectivity index (χ4v) is 2.13. The number of carbonyl (C=O) groups is 3. The van der Waals surface area contributed by atoms with E-state index in [2.05, 4.69) is 21.2 Å². The zero-order chi connectivity index (χ0) is 16.8. The Bertz CT molecular complexity index is 732. The first kappa shape index (κ1) is 16.9. The second-order valence-electron chi connectivity index (χ2n) is 4.39. The predicted octanol–water partition coefficient (Wildman–Crippen LogP) is 1.51. The number of H-pyrrole nitrogens is 1. The standard InChI is InChI=1S/C14H12Cl2N4O3/c15-8-3-4-9(10(16)6-8)13(22)18-7-12(21)19-20-14(23)11-2-1-5-17-11/h1-6,17H,7H2,(H,18,22)(H,19,21)(H,20,23). The number of hydrogen-bond acceptors (Lipinski definition) is 3. The molecular weight excluding hydrogens is 343 g/mol. The number of aromatic nitrogens is 1. The zero-order valence-corrected chi connectivity index (χ0v) is 13.2. The molecule has 0 radical (unpaired) electrons. The summed E-state index contributed by atoms with van der Waals surface area (Å²) in [7, 11) is 0. The first-order valence-corrected chi connectivity index (χ1v) is 7.19. The highest BCUT2D eigenvalue weighted by Crippen LogP contribution is 2.20. The van der Waals surface area contributed by atoms with Crippen LogP contribution in [-0.4, -0.2) is 29.3 Å². The monoisotopic (exact) mass is 354 g/mol. The van der Waals surface area contributed by atoms with Crippen molar-refractivity contribution in [2.75, 3.05) is 6.54 Å². The summed E-state index contributed by atoms with van der Waals surface area (Å²) in [6, 6.07) is 7.58. The molecule has 0 spiro atoms. The summed E-state index contributed by atoms with van der Waals surface area (Å²) in [6.07, 6.45) is 1.58. The van der Waals surface area contributed by atoms with E-state index >= 15 is 0 Å². The SMILES string of the molecule is O=C(CNC(=O)c1ccc(Cl)cc1Cl)NNC(=O)c1ccc[nH]1. The van der Waals surface area contributed by atoms with Gasteiger partial charge in [0.05, 0.1) is 17.1 Å². The molecule has 0 saturated carbocycles. The fourth-order valence-electron chi connectivity index (χ4n) is 1.64. The van der Waals surface area contributed by atoms with Crippen molar-refractivity contribution in [3.63, 3.8) is 0 Å². The number of aromatic amines is 1. The third-order valence-corrected chi connectivity index (χ3v) is 3.29. The summed E-state index contributed by atoms with van der Waals surface area (Å²) in [4.78, 5) is 37.7. The third-order valence-electron chi connectivity index (χ3n) is 2.74. The van der Waals surface area contributed by atoms with Gasteiger partial charge in [-0.25, -0.2) is 0 Å². The lowest BCUT2D eigenvalue weighted by Gasteiger charge is -2.08. The Morgan fingerprint density at radius 2 is 1.83 bits per heavy atom. The van der Waals surface area contributed by atoms with Crippen molar-refractivity contribution in [3.8, 4) is 0 Å². The number of rotatable bonds is 4. The number of benzene rings is 1. The molecule has 2 aromatic rings. The van der Waals surface area contributed by atoms with Crippen LogP contribution in [0.2, 0.25) is 10.0 Å². The van der Waals surface area contributed by atoms with Crippen molar-refractivity contribution in [2.45, 2.75) is 0 Å². The lowest BCUT2D eigenvalue weighted by atomic mass is 10.2. The normalized spacial score (nSPS) is 10.0. The van der Waals surface area contributed by atoms with Gasteiger partial charge in [-0.15, -0.1) is 0 Å². The Kier molecular flexibility index (Phi) is 5.61. The van der Waals surface area contributed by atoms with E-state index in [1.54, 1.807) is 18.3 Å². The molecular formula is C14H12Cl2N4O3. The molecule has 0 aliphatic carbocycles. The largest absolute Gasteiger partial charge is 0.357 e. The number of carbonyl (C=O) groups excluding carboxylic acids is 3. The van der Waals surface area contributed by atoms with E-state index in [1.807, 2.05) is 0 Å². The van der Waals surface area contributed by atoms with Crippen molar-refractivity contribution < 1.29 is 14.4 Å². The smallest absolute Gasteiger partial charge is 0.286 e. The lowest BCUT2D eigenvalue weighted by Crippen LogP contribution is -2.46. The molecule has 0 unspecified atom stereocenters. The molecule has 0 aliphatic heterocycles. The molecule has 0 atom stereocenters. The molecule has 2 rings (SSSR count). The van der Waals surface area contributed by atoms with Gasteiger partial charge in [-0.05, 0) is 30.3 Å². The topological polar surface area (TPSA) is 103 Å². The predicted molar refractivity (Wildman–Crippen MR) is 85.2 cm³/mol. The highest BCUT2D eigenvalue weighted by atomic mass is 35.5. The molecule has 1 aromatic carbocycles. The number of nitrogens with one attached hydrogen (secondary N) is 4. The van der Waals surface area contributed by atoms with Crippen LogP contribution in [0.1, 0.15) is 20.8 Å². The minimum Gasteiger partial charge on any atom is -0.357 e.